The van der Waals surface area contributed by atoms with E-state index in [4.69, 9.17) is 9.90 Å². The van der Waals surface area contributed by atoms with Gasteiger partial charge in [0.05, 0.1) is 6.92 Å². The topological polar surface area (TPSA) is 37.3 Å². The molecule has 0 atom stereocenters. The first kappa shape index (κ1) is 15.6. The Morgan fingerprint density at radius 1 is 1.67 bits per heavy atom. The minimum absolute atomic E-state index is 0. The predicted molar refractivity (Wildman–Crippen MR) is 28.7 cm³/mol. The molecule has 1 N–H and O–H groups in total. The first-order chi connectivity index (χ1) is 1.73. The molecule has 0 bridgehead atoms. The maximum absolute atomic E-state index is 8.89. The van der Waals surface area contributed by atoms with Crippen molar-refractivity contribution in [3.63, 3.8) is 0 Å². The Balaban J connectivity index is -0.0000000450. The average Bonchev–Trinajstić information content (AvgIpc) is 0.811. The summed E-state index contributed by atoms with van der Waals surface area (Å²) in [5, 5.41) is 7.31. The minimum atomic E-state index is -1.08. The number of hydrogen-bond donors (Lipinski definition) is 1. The van der Waals surface area contributed by atoms with E-state index in [-0.39, 0.29) is 67.3 Å². The summed E-state index contributed by atoms with van der Waals surface area (Å²) in [5.74, 6) is -1.08. The van der Waals surface area contributed by atoms with Crippen LogP contribution in [0.25, 0.3) is 0 Å². The number of hydrogen-bond acceptors (Lipinski definition) is 1. The van der Waals surface area contributed by atoms with Crippen molar-refractivity contribution < 1.29 is 9.90 Å². The Morgan fingerprint density at radius 3 is 1.67 bits per heavy atom. The first-order valence-corrected chi connectivity index (χ1v) is 0.781. The van der Waals surface area contributed by atoms with Crippen LogP contribution in [0.2, 0.25) is 0 Å². The van der Waals surface area contributed by atoms with Crippen molar-refractivity contribution in [2.24, 2.45) is 0 Å². The fourth-order valence-corrected chi connectivity index (χ4v) is 0. The zero-order valence-corrected chi connectivity index (χ0v) is 2.06. The normalized spacial score (nSPS) is 4.17. The number of rotatable bonds is 0. The molecule has 0 fully saturated rings. The SMILES string of the molecule is [CH2]C(=O)O.[CaH2].[NaH]. The van der Waals surface area contributed by atoms with Crippen molar-refractivity contribution in [1.29, 1.82) is 0 Å². The molecule has 0 aliphatic carbocycles. The van der Waals surface area contributed by atoms with Gasteiger partial charge in [-0.25, -0.2) is 0 Å². The van der Waals surface area contributed by atoms with Gasteiger partial charge >= 0.3 is 73.3 Å². The fraction of sp³-hybridized carbons (Fsp3) is 0. The van der Waals surface area contributed by atoms with E-state index in [0.717, 1.165) is 0 Å². The van der Waals surface area contributed by atoms with Gasteiger partial charge < -0.3 is 5.11 Å². The van der Waals surface area contributed by atoms with Gasteiger partial charge in [-0.05, 0) is 0 Å². The summed E-state index contributed by atoms with van der Waals surface area (Å²) in [4.78, 5) is 8.89. The monoisotopic (exact) mass is 125 g/mol. The second-order valence-corrected chi connectivity index (χ2v) is 0.394. The Kier molecular flexibility index (Phi) is 25.8. The van der Waals surface area contributed by atoms with Crippen LogP contribution in [0.4, 0.5) is 0 Å². The van der Waals surface area contributed by atoms with E-state index in [1.54, 1.807) is 0 Å². The van der Waals surface area contributed by atoms with Gasteiger partial charge in [0.2, 0.25) is 0 Å². The number of carboxylic acid groups (broad SMARTS) is 1. The number of aliphatic carboxylic acids is 1. The second-order valence-electron chi connectivity index (χ2n) is 0.394. The van der Waals surface area contributed by atoms with Crippen molar-refractivity contribution in [3.8, 4) is 0 Å². The van der Waals surface area contributed by atoms with Gasteiger partial charge in [-0.15, -0.1) is 0 Å². The van der Waals surface area contributed by atoms with Crippen molar-refractivity contribution in [1.82, 2.24) is 0 Å². The van der Waals surface area contributed by atoms with Crippen LogP contribution in [0.1, 0.15) is 0 Å². The van der Waals surface area contributed by atoms with Crippen LogP contribution in [-0.2, 0) is 4.79 Å². The van der Waals surface area contributed by atoms with Crippen LogP contribution < -0.4 is 0 Å². The summed E-state index contributed by atoms with van der Waals surface area (Å²) in [6.45, 7) is 2.56. The number of carboxylic acids is 1. The predicted octanol–water partition coefficient (Wildman–Crippen LogP) is -1.66. The summed E-state index contributed by atoms with van der Waals surface area (Å²) < 4.78 is 0. The summed E-state index contributed by atoms with van der Waals surface area (Å²) in [5.41, 5.74) is 0. The third-order valence-electron chi connectivity index (χ3n) is 0. The molecule has 1 radical (unpaired) electrons. The molecule has 0 saturated heterocycles. The second kappa shape index (κ2) is 9.88. The molecule has 0 aliphatic rings. The molecule has 4 heteroatoms. The van der Waals surface area contributed by atoms with Crippen LogP contribution in [0, 0.1) is 6.92 Å². The third-order valence-corrected chi connectivity index (χ3v) is 0. The zero-order chi connectivity index (χ0) is 3.58. The van der Waals surface area contributed by atoms with Gasteiger partial charge in [-0.2, -0.15) is 0 Å². The van der Waals surface area contributed by atoms with Crippen molar-refractivity contribution in [2.75, 3.05) is 0 Å². The summed E-state index contributed by atoms with van der Waals surface area (Å²) in [6.07, 6.45) is 0. The van der Waals surface area contributed by atoms with E-state index in [2.05, 4.69) is 6.92 Å². The zero-order valence-electron chi connectivity index (χ0n) is 2.06. The van der Waals surface area contributed by atoms with Crippen molar-refractivity contribution in [2.45, 2.75) is 0 Å². The Hall–Kier alpha value is 1.73. The molecule has 0 amide bonds. The molecular formula is C2H6CaNaO2. The maximum atomic E-state index is 8.89. The third kappa shape index (κ3) is 42.8. The van der Waals surface area contributed by atoms with Gasteiger partial charge in [0.15, 0.2) is 0 Å². The van der Waals surface area contributed by atoms with Gasteiger partial charge in [-0.3, -0.25) is 4.79 Å². The molecule has 2 nitrogen and oxygen atoms in total. The molecule has 0 aromatic rings. The van der Waals surface area contributed by atoms with Crippen molar-refractivity contribution >= 4 is 73.3 Å². The summed E-state index contributed by atoms with van der Waals surface area (Å²) in [6, 6.07) is 0. The average molecular weight is 125 g/mol. The molecule has 0 heterocycles. The van der Waals surface area contributed by atoms with Crippen molar-refractivity contribution in [3.05, 3.63) is 6.92 Å². The summed E-state index contributed by atoms with van der Waals surface area (Å²) in [7, 11) is 0. The fourth-order valence-electron chi connectivity index (χ4n) is 0. The molecular weight excluding hydrogens is 119 g/mol. The quantitative estimate of drug-likeness (QED) is 0.393. The van der Waals surface area contributed by atoms with Gasteiger partial charge in [0.1, 0.15) is 0 Å². The number of carbonyl (C=O) groups is 1. The molecule has 0 aromatic heterocycles. The Labute approximate surface area is 88.6 Å². The molecule has 0 aromatic carbocycles. The van der Waals surface area contributed by atoms with Crippen LogP contribution in [-0.4, -0.2) is 78.4 Å². The molecule has 0 rings (SSSR count). The molecule has 0 aliphatic heterocycles. The van der Waals surface area contributed by atoms with E-state index >= 15 is 0 Å². The molecule has 0 unspecified atom stereocenters. The first-order valence-electron chi connectivity index (χ1n) is 0.781. The standard InChI is InChI=1S/C2H3O2.Ca.Na.3H/c1-2(3)4;;;;;/h1H2,(H,3,4);;;;;. The van der Waals surface area contributed by atoms with E-state index in [1.807, 2.05) is 0 Å². The molecule has 6 heavy (non-hydrogen) atoms. The molecule has 0 saturated carbocycles. The van der Waals surface area contributed by atoms with Gasteiger partial charge in [-0.1, -0.05) is 0 Å². The van der Waals surface area contributed by atoms with E-state index < -0.39 is 5.97 Å². The van der Waals surface area contributed by atoms with Gasteiger partial charge in [0.25, 0.3) is 0 Å². The van der Waals surface area contributed by atoms with Crippen LogP contribution in [0.3, 0.4) is 0 Å². The van der Waals surface area contributed by atoms with Crippen LogP contribution in [0.5, 0.6) is 0 Å². The summed E-state index contributed by atoms with van der Waals surface area (Å²) >= 11 is 0. The molecule has 29 valence electrons. The van der Waals surface area contributed by atoms with E-state index in [9.17, 15) is 0 Å². The van der Waals surface area contributed by atoms with Gasteiger partial charge in [0, 0.05) is 0 Å². The Bertz CT molecular complexity index is 34.5. The van der Waals surface area contributed by atoms with E-state index in [1.165, 1.54) is 0 Å². The van der Waals surface area contributed by atoms with E-state index in [0.29, 0.717) is 0 Å². The Morgan fingerprint density at radius 2 is 1.67 bits per heavy atom. The van der Waals surface area contributed by atoms with Crippen LogP contribution >= 0.6 is 0 Å². The molecule has 0 spiro atoms. The van der Waals surface area contributed by atoms with Crippen LogP contribution in [0.15, 0.2) is 0 Å².